The molecule has 0 saturated carbocycles. The Kier molecular flexibility index (Phi) is 5.46. The summed E-state index contributed by atoms with van der Waals surface area (Å²) in [5.41, 5.74) is -1.18. The van der Waals surface area contributed by atoms with Gasteiger partial charge < -0.3 is 9.47 Å². The molecule has 0 atom stereocenters. The number of benzene rings is 2. The zero-order valence-corrected chi connectivity index (χ0v) is 14.2. The van der Waals surface area contributed by atoms with E-state index in [4.69, 9.17) is 9.47 Å². The van der Waals surface area contributed by atoms with Crippen LogP contribution in [0.5, 0.6) is 11.5 Å². The highest BCUT2D eigenvalue weighted by Crippen LogP contribution is 2.35. The van der Waals surface area contributed by atoms with Crippen molar-refractivity contribution in [2.24, 2.45) is 0 Å². The predicted molar refractivity (Wildman–Crippen MR) is 86.4 cm³/mol. The Morgan fingerprint density at radius 3 is 2.36 bits per heavy atom. The molecule has 0 radical (unpaired) electrons. The maximum Gasteiger partial charge on any atom is 0.417 e. The molecular weight excluding hydrogens is 359 g/mol. The molecule has 9 heteroatoms. The summed E-state index contributed by atoms with van der Waals surface area (Å²) in [5, 5.41) is 0. The molecule has 0 bridgehead atoms. The summed E-state index contributed by atoms with van der Waals surface area (Å²) in [5.74, 6) is 0.648. The monoisotopic (exact) mass is 375 g/mol. The van der Waals surface area contributed by atoms with Gasteiger partial charge in [0, 0.05) is 6.07 Å². The third kappa shape index (κ3) is 4.36. The molecule has 2 rings (SSSR count). The van der Waals surface area contributed by atoms with Crippen LogP contribution in [-0.4, -0.2) is 22.1 Å². The molecule has 0 amide bonds. The van der Waals surface area contributed by atoms with Gasteiger partial charge in [-0.15, -0.1) is 0 Å². The van der Waals surface area contributed by atoms with Crippen molar-refractivity contribution in [3.05, 3.63) is 48.0 Å². The van der Waals surface area contributed by atoms with E-state index in [-0.39, 0.29) is 11.4 Å². The van der Waals surface area contributed by atoms with Crippen LogP contribution in [0.3, 0.4) is 0 Å². The second-order valence-electron chi connectivity index (χ2n) is 4.90. The molecule has 0 fully saturated rings. The van der Waals surface area contributed by atoms with E-state index in [0.717, 1.165) is 12.1 Å². The van der Waals surface area contributed by atoms with Gasteiger partial charge in [0.15, 0.2) is 11.5 Å². The van der Waals surface area contributed by atoms with Gasteiger partial charge in [-0.3, -0.25) is 4.72 Å². The second-order valence-corrected chi connectivity index (χ2v) is 6.55. The van der Waals surface area contributed by atoms with Crippen molar-refractivity contribution >= 4 is 15.7 Å². The number of rotatable bonds is 6. The number of alkyl halides is 3. The number of halogens is 3. The van der Waals surface area contributed by atoms with E-state index in [9.17, 15) is 21.6 Å². The minimum Gasteiger partial charge on any atom is -0.493 e. The fourth-order valence-electron chi connectivity index (χ4n) is 2.15. The highest BCUT2D eigenvalue weighted by Gasteiger charge is 2.36. The lowest BCUT2D eigenvalue weighted by Gasteiger charge is -2.15. The van der Waals surface area contributed by atoms with Crippen LogP contribution in [0.15, 0.2) is 47.4 Å². The first-order chi connectivity index (χ1) is 11.7. The zero-order chi connectivity index (χ0) is 18.7. The van der Waals surface area contributed by atoms with Crippen LogP contribution in [-0.2, 0) is 16.2 Å². The molecule has 0 aromatic heterocycles. The van der Waals surface area contributed by atoms with Crippen molar-refractivity contribution < 1.29 is 31.1 Å². The van der Waals surface area contributed by atoms with Gasteiger partial charge in [0.2, 0.25) is 0 Å². The Bertz CT molecular complexity index is 851. The third-order valence-corrected chi connectivity index (χ3v) is 4.64. The summed E-state index contributed by atoms with van der Waals surface area (Å²) < 4.78 is 76.5. The molecule has 0 aliphatic heterocycles. The molecule has 0 unspecified atom stereocenters. The van der Waals surface area contributed by atoms with Gasteiger partial charge in [0.25, 0.3) is 10.0 Å². The molecule has 0 saturated heterocycles. The summed E-state index contributed by atoms with van der Waals surface area (Å²) in [6.07, 6.45) is -4.79. The van der Waals surface area contributed by atoms with Gasteiger partial charge in [0.05, 0.1) is 29.9 Å². The summed E-state index contributed by atoms with van der Waals surface area (Å²) in [6.45, 7) is 2.14. The van der Waals surface area contributed by atoms with Crippen LogP contribution < -0.4 is 14.2 Å². The van der Waals surface area contributed by atoms with Gasteiger partial charge in [-0.2, -0.15) is 13.2 Å². The fourth-order valence-corrected chi connectivity index (χ4v) is 3.43. The Balaban J connectivity index is 2.41. The lowest BCUT2D eigenvalue weighted by molar-refractivity contribution is -0.139. The third-order valence-electron chi connectivity index (χ3n) is 3.20. The molecule has 2 aromatic rings. The first-order valence-corrected chi connectivity index (χ1v) is 8.67. The Labute approximate surface area is 143 Å². The molecule has 0 aliphatic rings. The standard InChI is InChI=1S/C16H16F3NO4S/c1-3-24-13-9-8-11(10-14(13)23-2)20-25(21,22)15-7-5-4-6-12(15)16(17,18)19/h4-10,20H,3H2,1-2H3. The van der Waals surface area contributed by atoms with Gasteiger partial charge in [0.1, 0.15) is 0 Å². The minimum atomic E-state index is -4.79. The first kappa shape index (κ1) is 18.9. The van der Waals surface area contributed by atoms with E-state index in [1.54, 1.807) is 6.92 Å². The normalized spacial score (nSPS) is 11.9. The highest BCUT2D eigenvalue weighted by atomic mass is 32.2. The van der Waals surface area contributed by atoms with Gasteiger partial charge >= 0.3 is 6.18 Å². The molecule has 1 N–H and O–H groups in total. The van der Waals surface area contributed by atoms with E-state index in [2.05, 4.69) is 4.72 Å². The van der Waals surface area contributed by atoms with Crippen LogP contribution in [0.1, 0.15) is 12.5 Å². The SMILES string of the molecule is CCOc1ccc(NS(=O)(=O)c2ccccc2C(F)(F)F)cc1OC. The van der Waals surface area contributed by atoms with Gasteiger partial charge in [-0.25, -0.2) is 8.42 Å². The zero-order valence-electron chi connectivity index (χ0n) is 13.4. The molecule has 136 valence electrons. The van der Waals surface area contributed by atoms with E-state index >= 15 is 0 Å². The molecule has 2 aromatic carbocycles. The average Bonchev–Trinajstić information content (AvgIpc) is 2.55. The summed E-state index contributed by atoms with van der Waals surface area (Å²) >= 11 is 0. The maximum absolute atomic E-state index is 13.0. The van der Waals surface area contributed by atoms with Crippen LogP contribution in [0.25, 0.3) is 0 Å². The molecule has 0 spiro atoms. The fraction of sp³-hybridized carbons (Fsp3) is 0.250. The number of hydrogen-bond acceptors (Lipinski definition) is 4. The van der Waals surface area contributed by atoms with E-state index < -0.39 is 26.7 Å². The lowest BCUT2D eigenvalue weighted by Crippen LogP contribution is -2.18. The van der Waals surface area contributed by atoms with Crippen molar-refractivity contribution in [3.63, 3.8) is 0 Å². The summed E-state index contributed by atoms with van der Waals surface area (Å²) in [4.78, 5) is -0.852. The van der Waals surface area contributed by atoms with Crippen LogP contribution >= 0.6 is 0 Å². The summed E-state index contributed by atoms with van der Waals surface area (Å²) in [7, 11) is -3.07. The predicted octanol–water partition coefficient (Wildman–Crippen LogP) is 3.91. The molecule has 5 nitrogen and oxygen atoms in total. The van der Waals surface area contributed by atoms with Gasteiger partial charge in [-0.1, -0.05) is 12.1 Å². The Morgan fingerprint density at radius 1 is 1.08 bits per heavy atom. The van der Waals surface area contributed by atoms with Crippen molar-refractivity contribution in [1.29, 1.82) is 0 Å². The number of methoxy groups -OCH3 is 1. The molecule has 0 heterocycles. The largest absolute Gasteiger partial charge is 0.493 e. The van der Waals surface area contributed by atoms with Crippen molar-refractivity contribution in [1.82, 2.24) is 0 Å². The number of nitrogens with one attached hydrogen (secondary N) is 1. The van der Waals surface area contributed by atoms with Crippen LogP contribution in [0, 0.1) is 0 Å². The molecular formula is C16H16F3NO4S. The Hall–Kier alpha value is -2.42. The van der Waals surface area contributed by atoms with E-state index in [1.165, 1.54) is 31.4 Å². The maximum atomic E-state index is 13.0. The van der Waals surface area contributed by atoms with Gasteiger partial charge in [-0.05, 0) is 31.2 Å². The lowest BCUT2D eigenvalue weighted by atomic mass is 10.2. The molecule has 25 heavy (non-hydrogen) atoms. The quantitative estimate of drug-likeness (QED) is 0.831. The highest BCUT2D eigenvalue weighted by molar-refractivity contribution is 7.92. The minimum absolute atomic E-state index is 0.0530. The summed E-state index contributed by atoms with van der Waals surface area (Å²) in [6, 6.07) is 8.14. The number of ether oxygens (including phenoxy) is 2. The van der Waals surface area contributed by atoms with Crippen LogP contribution in [0.2, 0.25) is 0 Å². The van der Waals surface area contributed by atoms with Crippen molar-refractivity contribution in [2.45, 2.75) is 18.0 Å². The average molecular weight is 375 g/mol. The number of anilines is 1. The smallest absolute Gasteiger partial charge is 0.417 e. The first-order valence-electron chi connectivity index (χ1n) is 7.19. The number of sulfonamides is 1. The molecule has 0 aliphatic carbocycles. The van der Waals surface area contributed by atoms with E-state index in [0.29, 0.717) is 18.4 Å². The number of hydrogen-bond donors (Lipinski definition) is 1. The Morgan fingerprint density at radius 2 is 1.76 bits per heavy atom. The van der Waals surface area contributed by atoms with Crippen molar-refractivity contribution in [3.8, 4) is 11.5 Å². The van der Waals surface area contributed by atoms with Crippen LogP contribution in [0.4, 0.5) is 18.9 Å². The topological polar surface area (TPSA) is 64.6 Å². The second kappa shape index (κ2) is 7.22. The van der Waals surface area contributed by atoms with Crippen molar-refractivity contribution in [2.75, 3.05) is 18.4 Å². The van der Waals surface area contributed by atoms with E-state index in [1.807, 2.05) is 0 Å².